The fraction of sp³-hybridized carbons (Fsp3) is 0.619. The summed E-state index contributed by atoms with van der Waals surface area (Å²) in [6.45, 7) is 4.44. The van der Waals surface area contributed by atoms with Gasteiger partial charge in [0.2, 0.25) is 0 Å². The number of carbonyl (C=O) groups excluding carboxylic acids is 1. The van der Waals surface area contributed by atoms with Gasteiger partial charge in [0, 0.05) is 38.3 Å². The minimum absolute atomic E-state index is 0. The molecule has 1 aliphatic rings. The van der Waals surface area contributed by atoms with Gasteiger partial charge < -0.3 is 20.9 Å². The van der Waals surface area contributed by atoms with Crippen molar-refractivity contribution in [3.05, 3.63) is 35.4 Å². The highest BCUT2D eigenvalue weighted by atomic mass is 127. The Morgan fingerprint density at radius 3 is 2.54 bits per heavy atom. The molecule has 0 heterocycles. The van der Waals surface area contributed by atoms with Gasteiger partial charge in [-0.2, -0.15) is 0 Å². The van der Waals surface area contributed by atoms with Gasteiger partial charge in [0.15, 0.2) is 5.96 Å². The van der Waals surface area contributed by atoms with Gasteiger partial charge in [0.1, 0.15) is 0 Å². The number of hydrogen-bond acceptors (Lipinski definition) is 3. The first-order chi connectivity index (χ1) is 13.0. The Bertz CT molecular complexity index is 627. The van der Waals surface area contributed by atoms with Crippen LogP contribution < -0.4 is 16.0 Å². The van der Waals surface area contributed by atoms with Crippen LogP contribution in [0.1, 0.15) is 48.5 Å². The lowest BCUT2D eigenvalue weighted by Gasteiger charge is -2.28. The van der Waals surface area contributed by atoms with Gasteiger partial charge in [-0.1, -0.05) is 19.1 Å². The minimum atomic E-state index is -0.0301. The van der Waals surface area contributed by atoms with Gasteiger partial charge in [-0.15, -0.1) is 24.0 Å². The largest absolute Gasteiger partial charge is 0.354 e. The maximum Gasteiger partial charge on any atom is 0.251 e. The zero-order chi connectivity index (χ0) is 19.6. The molecule has 0 unspecified atom stereocenters. The maximum absolute atomic E-state index is 12.3. The number of nitrogens with one attached hydrogen (secondary N) is 3. The zero-order valence-corrected chi connectivity index (χ0v) is 20.0. The number of rotatable bonds is 7. The Balaban J connectivity index is 0.00000392. The van der Waals surface area contributed by atoms with E-state index in [1.807, 2.05) is 43.3 Å². The second-order valence-electron chi connectivity index (χ2n) is 7.79. The molecule has 0 aliphatic heterocycles. The summed E-state index contributed by atoms with van der Waals surface area (Å²) >= 11 is 0. The molecule has 1 aromatic carbocycles. The van der Waals surface area contributed by atoms with Gasteiger partial charge >= 0.3 is 0 Å². The number of hydrogen-bond donors (Lipinski definition) is 3. The topological polar surface area (TPSA) is 68.8 Å². The number of aliphatic imine (C=N–C) groups is 1. The van der Waals surface area contributed by atoms with Crippen molar-refractivity contribution >= 4 is 35.8 Å². The first-order valence-electron chi connectivity index (χ1n) is 9.97. The van der Waals surface area contributed by atoms with Crippen LogP contribution in [-0.4, -0.2) is 57.0 Å². The van der Waals surface area contributed by atoms with Gasteiger partial charge in [-0.3, -0.25) is 9.79 Å². The number of benzene rings is 1. The van der Waals surface area contributed by atoms with E-state index in [4.69, 9.17) is 0 Å². The molecule has 3 N–H and O–H groups in total. The molecule has 0 bridgehead atoms. The lowest BCUT2D eigenvalue weighted by Crippen LogP contribution is -2.44. The zero-order valence-electron chi connectivity index (χ0n) is 17.6. The van der Waals surface area contributed by atoms with E-state index >= 15 is 0 Å². The standard InChI is InChI=1S/C21H35N5O.HI/c1-16-8-10-19(11-9-16)25-21(22-2)24-15-17-6-5-7-18(14-17)20(27)23-12-13-26(3)4;/h5-7,14,16,19H,8-13,15H2,1-4H3,(H,23,27)(H2,22,24,25);1H. The van der Waals surface area contributed by atoms with E-state index in [2.05, 4.69) is 27.9 Å². The summed E-state index contributed by atoms with van der Waals surface area (Å²) < 4.78 is 0. The molecule has 1 saturated carbocycles. The molecule has 0 saturated heterocycles. The van der Waals surface area contributed by atoms with Gasteiger partial charge in [0.25, 0.3) is 5.91 Å². The summed E-state index contributed by atoms with van der Waals surface area (Å²) in [7, 11) is 5.79. The van der Waals surface area contributed by atoms with Crippen LogP contribution in [0.4, 0.5) is 0 Å². The SMILES string of the molecule is CN=C(NCc1cccc(C(=O)NCCN(C)C)c1)NC1CCC(C)CC1.I. The highest BCUT2D eigenvalue weighted by Gasteiger charge is 2.18. The fourth-order valence-corrected chi connectivity index (χ4v) is 3.30. The summed E-state index contributed by atoms with van der Waals surface area (Å²) in [5.41, 5.74) is 1.76. The molecular formula is C21H36IN5O. The third-order valence-electron chi connectivity index (χ3n) is 5.07. The number of likely N-dealkylation sites (N-methyl/N-ethyl adjacent to an activating group) is 1. The first kappa shape index (κ1) is 24.7. The van der Waals surface area contributed by atoms with Crippen molar-refractivity contribution in [2.24, 2.45) is 10.9 Å². The van der Waals surface area contributed by atoms with Crippen LogP contribution in [0.15, 0.2) is 29.3 Å². The molecule has 1 amide bonds. The number of amides is 1. The normalized spacial score (nSPS) is 19.7. The summed E-state index contributed by atoms with van der Waals surface area (Å²) in [5, 5.41) is 9.85. The Labute approximate surface area is 187 Å². The van der Waals surface area contributed by atoms with Gasteiger partial charge in [-0.25, -0.2) is 0 Å². The third kappa shape index (κ3) is 8.77. The Morgan fingerprint density at radius 2 is 1.89 bits per heavy atom. The molecule has 6 nitrogen and oxygen atoms in total. The number of halogens is 1. The number of carbonyl (C=O) groups is 1. The van der Waals surface area contributed by atoms with Crippen LogP contribution >= 0.6 is 24.0 Å². The van der Waals surface area contributed by atoms with Crippen molar-refractivity contribution in [1.82, 2.24) is 20.9 Å². The molecule has 1 fully saturated rings. The van der Waals surface area contributed by atoms with Crippen LogP contribution in [0.25, 0.3) is 0 Å². The summed E-state index contributed by atoms with van der Waals surface area (Å²) in [4.78, 5) is 18.7. The maximum atomic E-state index is 12.3. The molecule has 7 heteroatoms. The van der Waals surface area contributed by atoms with Crippen molar-refractivity contribution in [1.29, 1.82) is 0 Å². The molecule has 1 aliphatic carbocycles. The quantitative estimate of drug-likeness (QED) is 0.306. The van der Waals surface area contributed by atoms with Crippen molar-refractivity contribution in [2.75, 3.05) is 34.2 Å². The third-order valence-corrected chi connectivity index (χ3v) is 5.07. The van der Waals surface area contributed by atoms with Crippen LogP contribution in [0, 0.1) is 5.92 Å². The summed E-state index contributed by atoms with van der Waals surface area (Å²) in [6, 6.07) is 8.25. The molecule has 0 aromatic heterocycles. The molecule has 0 spiro atoms. The monoisotopic (exact) mass is 501 g/mol. The Hall–Kier alpha value is -1.35. The molecule has 158 valence electrons. The van der Waals surface area contributed by atoms with E-state index in [-0.39, 0.29) is 29.9 Å². The lowest BCUT2D eigenvalue weighted by molar-refractivity contribution is 0.0951. The molecule has 28 heavy (non-hydrogen) atoms. The number of guanidine groups is 1. The van der Waals surface area contributed by atoms with Gasteiger partial charge in [-0.05, 0) is 63.4 Å². The second kappa shape index (κ2) is 13.0. The number of nitrogens with zero attached hydrogens (tertiary/aromatic N) is 2. The summed E-state index contributed by atoms with van der Waals surface area (Å²) in [6.07, 6.45) is 4.95. The van der Waals surface area contributed by atoms with Crippen molar-refractivity contribution < 1.29 is 4.79 Å². The Morgan fingerprint density at radius 1 is 1.18 bits per heavy atom. The highest BCUT2D eigenvalue weighted by Crippen LogP contribution is 2.23. The molecular weight excluding hydrogens is 465 g/mol. The van der Waals surface area contributed by atoms with E-state index in [0.29, 0.717) is 24.7 Å². The van der Waals surface area contributed by atoms with E-state index in [9.17, 15) is 4.79 Å². The smallest absolute Gasteiger partial charge is 0.251 e. The van der Waals surface area contributed by atoms with E-state index < -0.39 is 0 Å². The van der Waals surface area contributed by atoms with Crippen molar-refractivity contribution in [3.8, 4) is 0 Å². The van der Waals surface area contributed by atoms with Gasteiger partial charge in [0.05, 0.1) is 0 Å². The van der Waals surface area contributed by atoms with E-state index in [0.717, 1.165) is 24.0 Å². The van der Waals surface area contributed by atoms with E-state index in [1.54, 1.807) is 7.05 Å². The van der Waals surface area contributed by atoms with Crippen molar-refractivity contribution in [2.45, 2.75) is 45.2 Å². The molecule has 2 rings (SSSR count). The van der Waals surface area contributed by atoms with Crippen molar-refractivity contribution in [3.63, 3.8) is 0 Å². The Kier molecular flexibility index (Phi) is 11.4. The predicted molar refractivity (Wildman–Crippen MR) is 127 cm³/mol. The summed E-state index contributed by atoms with van der Waals surface area (Å²) in [5.74, 6) is 1.64. The molecule has 0 radical (unpaired) electrons. The predicted octanol–water partition coefficient (Wildman–Crippen LogP) is 2.84. The van der Waals surface area contributed by atoms with Crippen LogP contribution in [0.2, 0.25) is 0 Å². The average molecular weight is 501 g/mol. The molecule has 0 atom stereocenters. The molecule has 1 aromatic rings. The highest BCUT2D eigenvalue weighted by molar-refractivity contribution is 14.0. The lowest BCUT2D eigenvalue weighted by atomic mass is 9.87. The van der Waals surface area contributed by atoms with Crippen LogP contribution in [0.3, 0.4) is 0 Å². The second-order valence-corrected chi connectivity index (χ2v) is 7.79. The minimum Gasteiger partial charge on any atom is -0.354 e. The first-order valence-corrected chi connectivity index (χ1v) is 9.97. The van der Waals surface area contributed by atoms with Crippen LogP contribution in [0.5, 0.6) is 0 Å². The fourth-order valence-electron chi connectivity index (χ4n) is 3.30. The average Bonchev–Trinajstić information content (AvgIpc) is 2.66. The van der Waals surface area contributed by atoms with Crippen LogP contribution in [-0.2, 0) is 6.54 Å². The van der Waals surface area contributed by atoms with E-state index in [1.165, 1.54) is 25.7 Å².